The van der Waals surface area contributed by atoms with Gasteiger partial charge in [0, 0.05) is 13.1 Å². The minimum atomic E-state index is -0.119. The first-order chi connectivity index (χ1) is 9.33. The highest BCUT2D eigenvalue weighted by Crippen LogP contribution is 2.13. The lowest BCUT2D eigenvalue weighted by atomic mass is 10.2. The van der Waals surface area contributed by atoms with E-state index in [4.69, 9.17) is 10.2 Å². The third kappa shape index (κ3) is 3.74. The number of aromatic nitrogens is 2. The largest absolute Gasteiger partial charge is 0.395 e. The number of nitrogens with zero attached hydrogens (tertiary/aromatic N) is 3. The van der Waals surface area contributed by atoms with Crippen LogP contribution in [0, 0.1) is 0 Å². The summed E-state index contributed by atoms with van der Waals surface area (Å²) in [4.78, 5) is 1.95. The Labute approximate surface area is 112 Å². The zero-order chi connectivity index (χ0) is 13.5. The molecule has 0 unspecified atom stereocenters. The van der Waals surface area contributed by atoms with Gasteiger partial charge in [0.15, 0.2) is 5.82 Å². The second-order valence-electron chi connectivity index (χ2n) is 4.17. The summed E-state index contributed by atoms with van der Waals surface area (Å²) >= 11 is 0. The van der Waals surface area contributed by atoms with E-state index in [0.717, 1.165) is 5.56 Å². The van der Waals surface area contributed by atoms with Crippen LogP contribution in [0.4, 0.5) is 5.82 Å². The van der Waals surface area contributed by atoms with Gasteiger partial charge < -0.3 is 15.1 Å². The topological polar surface area (TPSA) is 69.5 Å². The highest BCUT2D eigenvalue weighted by atomic mass is 16.3. The lowest BCUT2D eigenvalue weighted by molar-refractivity contribution is 0.275. The van der Waals surface area contributed by atoms with Crippen LogP contribution in [0.2, 0.25) is 0 Å². The van der Waals surface area contributed by atoms with Crippen LogP contribution in [0.3, 0.4) is 0 Å². The summed E-state index contributed by atoms with van der Waals surface area (Å²) in [5.74, 6) is 0.690. The first-order valence-electron chi connectivity index (χ1n) is 6.16. The van der Waals surface area contributed by atoms with E-state index in [9.17, 15) is 0 Å². The molecule has 5 nitrogen and oxygen atoms in total. The number of benzene rings is 1. The maximum atomic E-state index is 9.15. The van der Waals surface area contributed by atoms with Gasteiger partial charge in [-0.1, -0.05) is 30.3 Å². The van der Waals surface area contributed by atoms with Gasteiger partial charge in [0.05, 0.1) is 18.9 Å². The summed E-state index contributed by atoms with van der Waals surface area (Å²) in [6.07, 6.45) is 0. The molecule has 1 heterocycles. The Kier molecular flexibility index (Phi) is 4.83. The predicted molar refractivity (Wildman–Crippen MR) is 72.5 cm³/mol. The van der Waals surface area contributed by atoms with Gasteiger partial charge in [-0.25, -0.2) is 0 Å². The van der Waals surface area contributed by atoms with Gasteiger partial charge in [-0.2, -0.15) is 5.10 Å². The van der Waals surface area contributed by atoms with Crippen LogP contribution >= 0.6 is 0 Å². The van der Waals surface area contributed by atoms with E-state index in [2.05, 4.69) is 10.2 Å². The van der Waals surface area contributed by atoms with Gasteiger partial charge >= 0.3 is 0 Å². The molecular weight excluding hydrogens is 242 g/mol. The van der Waals surface area contributed by atoms with Crippen molar-refractivity contribution in [3.63, 3.8) is 0 Å². The number of aliphatic hydroxyl groups excluding tert-OH is 2. The van der Waals surface area contributed by atoms with Gasteiger partial charge in [-0.15, -0.1) is 5.10 Å². The van der Waals surface area contributed by atoms with Crippen molar-refractivity contribution < 1.29 is 10.2 Å². The van der Waals surface area contributed by atoms with Crippen molar-refractivity contribution in [2.75, 3.05) is 18.1 Å². The second kappa shape index (κ2) is 6.82. The highest BCUT2D eigenvalue weighted by molar-refractivity contribution is 5.38. The summed E-state index contributed by atoms with van der Waals surface area (Å²) in [5, 5.41) is 26.1. The van der Waals surface area contributed by atoms with E-state index in [0.29, 0.717) is 24.6 Å². The van der Waals surface area contributed by atoms with Crippen LogP contribution in [0.15, 0.2) is 42.5 Å². The average Bonchev–Trinajstić information content (AvgIpc) is 2.48. The number of hydrogen-bond donors (Lipinski definition) is 2. The van der Waals surface area contributed by atoms with Crippen LogP contribution in [0.25, 0.3) is 0 Å². The quantitative estimate of drug-likeness (QED) is 0.809. The van der Waals surface area contributed by atoms with Gasteiger partial charge in [0.1, 0.15) is 0 Å². The molecule has 0 fully saturated rings. The van der Waals surface area contributed by atoms with Gasteiger partial charge in [-0.3, -0.25) is 0 Å². The summed E-state index contributed by atoms with van der Waals surface area (Å²) in [6, 6.07) is 13.5. The monoisotopic (exact) mass is 259 g/mol. The van der Waals surface area contributed by atoms with E-state index < -0.39 is 0 Å². The Morgan fingerprint density at radius 1 is 0.947 bits per heavy atom. The smallest absolute Gasteiger partial charge is 0.151 e. The number of anilines is 1. The second-order valence-corrected chi connectivity index (χ2v) is 4.17. The summed E-state index contributed by atoms with van der Waals surface area (Å²) in [7, 11) is 0. The molecule has 2 rings (SSSR count). The van der Waals surface area contributed by atoms with Crippen molar-refractivity contribution in [1.29, 1.82) is 0 Å². The van der Waals surface area contributed by atoms with Crippen LogP contribution in [-0.4, -0.2) is 33.6 Å². The van der Waals surface area contributed by atoms with E-state index >= 15 is 0 Å². The molecule has 0 amide bonds. The first kappa shape index (κ1) is 13.5. The van der Waals surface area contributed by atoms with Crippen molar-refractivity contribution in [1.82, 2.24) is 10.2 Å². The zero-order valence-corrected chi connectivity index (χ0v) is 10.6. The molecule has 0 saturated carbocycles. The highest BCUT2D eigenvalue weighted by Gasteiger charge is 2.09. The molecule has 0 spiro atoms. The van der Waals surface area contributed by atoms with Crippen molar-refractivity contribution in [3.8, 4) is 0 Å². The average molecular weight is 259 g/mol. The molecule has 0 radical (unpaired) electrons. The molecule has 0 bridgehead atoms. The standard InChI is InChI=1S/C14H17N3O2/c18-9-8-17(10-12-4-2-1-3-5-12)14-7-6-13(11-19)15-16-14/h1-7,18-19H,8-11H2. The Morgan fingerprint density at radius 2 is 1.74 bits per heavy atom. The van der Waals surface area contributed by atoms with Crippen LogP contribution in [0.1, 0.15) is 11.3 Å². The van der Waals surface area contributed by atoms with E-state index in [1.165, 1.54) is 0 Å². The Bertz CT molecular complexity index is 488. The van der Waals surface area contributed by atoms with Crippen molar-refractivity contribution >= 4 is 5.82 Å². The normalized spacial score (nSPS) is 10.4. The Hall–Kier alpha value is -1.98. The maximum Gasteiger partial charge on any atom is 0.151 e. The minimum Gasteiger partial charge on any atom is -0.395 e. The number of aliphatic hydroxyl groups is 2. The zero-order valence-electron chi connectivity index (χ0n) is 10.6. The van der Waals surface area contributed by atoms with Crippen molar-refractivity contribution in [3.05, 3.63) is 53.7 Å². The fourth-order valence-electron chi connectivity index (χ4n) is 1.80. The minimum absolute atomic E-state index is 0.0519. The molecule has 0 atom stereocenters. The number of hydrogen-bond acceptors (Lipinski definition) is 5. The van der Waals surface area contributed by atoms with Crippen LogP contribution < -0.4 is 4.90 Å². The summed E-state index contributed by atoms with van der Waals surface area (Å²) < 4.78 is 0. The number of rotatable bonds is 6. The van der Waals surface area contributed by atoms with Crippen LogP contribution in [-0.2, 0) is 13.2 Å². The van der Waals surface area contributed by atoms with Gasteiger partial charge in [-0.05, 0) is 17.7 Å². The summed E-state index contributed by atoms with van der Waals surface area (Å²) in [5.41, 5.74) is 1.68. The van der Waals surface area contributed by atoms with E-state index in [1.807, 2.05) is 35.2 Å². The molecule has 2 aromatic rings. The van der Waals surface area contributed by atoms with E-state index in [1.54, 1.807) is 12.1 Å². The molecule has 0 aliphatic rings. The molecule has 0 aliphatic heterocycles. The SMILES string of the molecule is OCCN(Cc1ccccc1)c1ccc(CO)nn1. The third-order valence-corrected chi connectivity index (χ3v) is 2.78. The fourth-order valence-corrected chi connectivity index (χ4v) is 1.80. The molecule has 2 N–H and O–H groups in total. The molecule has 19 heavy (non-hydrogen) atoms. The Morgan fingerprint density at radius 3 is 2.32 bits per heavy atom. The Balaban J connectivity index is 2.14. The molecule has 1 aromatic carbocycles. The molecule has 0 saturated heterocycles. The van der Waals surface area contributed by atoms with Crippen molar-refractivity contribution in [2.24, 2.45) is 0 Å². The molecule has 100 valence electrons. The van der Waals surface area contributed by atoms with E-state index in [-0.39, 0.29) is 13.2 Å². The van der Waals surface area contributed by atoms with Crippen molar-refractivity contribution in [2.45, 2.75) is 13.2 Å². The van der Waals surface area contributed by atoms with Gasteiger partial charge in [0.25, 0.3) is 0 Å². The van der Waals surface area contributed by atoms with Crippen LogP contribution in [0.5, 0.6) is 0 Å². The maximum absolute atomic E-state index is 9.15. The molecule has 1 aromatic heterocycles. The van der Waals surface area contributed by atoms with Gasteiger partial charge in [0.2, 0.25) is 0 Å². The first-order valence-corrected chi connectivity index (χ1v) is 6.16. The molecular formula is C14H17N3O2. The summed E-state index contributed by atoms with van der Waals surface area (Å²) in [6.45, 7) is 1.08. The lowest BCUT2D eigenvalue weighted by Crippen LogP contribution is -2.27. The predicted octanol–water partition coefficient (Wildman–Crippen LogP) is 0.968. The lowest BCUT2D eigenvalue weighted by Gasteiger charge is -2.22. The third-order valence-electron chi connectivity index (χ3n) is 2.78. The molecule has 0 aliphatic carbocycles. The fraction of sp³-hybridized carbons (Fsp3) is 0.286. The molecule has 5 heteroatoms.